The molecule has 3 heterocycles. The summed E-state index contributed by atoms with van der Waals surface area (Å²) in [6.45, 7) is 0.603. The second-order valence-electron chi connectivity index (χ2n) is 6.33. The number of benzene rings is 1. The number of anilines is 1. The van der Waals surface area contributed by atoms with Gasteiger partial charge in [0.2, 0.25) is 5.91 Å². The van der Waals surface area contributed by atoms with Gasteiger partial charge < -0.3 is 15.0 Å². The predicted octanol–water partition coefficient (Wildman–Crippen LogP) is 4.00. The van der Waals surface area contributed by atoms with Crippen LogP contribution in [-0.4, -0.2) is 41.4 Å². The molecule has 1 saturated heterocycles. The molecular formula is C19H19N3O3S2. The van der Waals surface area contributed by atoms with Crippen LogP contribution >= 0.6 is 22.7 Å². The van der Waals surface area contributed by atoms with Crippen molar-refractivity contribution in [1.82, 2.24) is 9.88 Å². The van der Waals surface area contributed by atoms with Gasteiger partial charge in [-0.25, -0.2) is 4.98 Å². The third kappa shape index (κ3) is 3.68. The number of amides is 2. The van der Waals surface area contributed by atoms with Gasteiger partial charge in [-0.15, -0.1) is 11.3 Å². The molecule has 140 valence electrons. The zero-order valence-corrected chi connectivity index (χ0v) is 16.4. The number of nitrogens with one attached hydrogen (secondary N) is 1. The Bertz CT molecular complexity index is 968. The zero-order valence-electron chi connectivity index (χ0n) is 14.8. The van der Waals surface area contributed by atoms with Gasteiger partial charge in [-0.1, -0.05) is 17.4 Å². The van der Waals surface area contributed by atoms with Crippen LogP contribution in [0.25, 0.3) is 10.2 Å². The SMILES string of the molecule is COc1ccc2nc(NC(=O)C3CCCCN3C(=O)c3cccs3)sc2c1. The van der Waals surface area contributed by atoms with Crippen LogP contribution in [0.1, 0.15) is 28.9 Å². The molecule has 1 unspecified atom stereocenters. The molecule has 0 radical (unpaired) electrons. The Balaban J connectivity index is 1.53. The van der Waals surface area contributed by atoms with Crippen LogP contribution in [0.5, 0.6) is 5.75 Å². The maximum absolute atomic E-state index is 12.9. The molecule has 1 aliphatic rings. The number of rotatable bonds is 4. The van der Waals surface area contributed by atoms with Crippen molar-refractivity contribution in [3.8, 4) is 5.75 Å². The summed E-state index contributed by atoms with van der Waals surface area (Å²) in [6, 6.07) is 8.80. The van der Waals surface area contributed by atoms with Crippen molar-refractivity contribution >= 4 is 49.8 Å². The normalized spacial score (nSPS) is 17.1. The number of thiazole rings is 1. The molecule has 1 N–H and O–H groups in total. The summed E-state index contributed by atoms with van der Waals surface area (Å²) in [5.74, 6) is 0.508. The second-order valence-corrected chi connectivity index (χ2v) is 8.31. The van der Waals surface area contributed by atoms with Gasteiger partial charge in [-0.2, -0.15) is 0 Å². The smallest absolute Gasteiger partial charge is 0.264 e. The average molecular weight is 402 g/mol. The topological polar surface area (TPSA) is 71.5 Å². The number of hydrogen-bond donors (Lipinski definition) is 1. The molecule has 0 spiro atoms. The summed E-state index contributed by atoms with van der Waals surface area (Å²) >= 11 is 2.81. The molecule has 1 aliphatic heterocycles. The Hall–Kier alpha value is -2.45. The quantitative estimate of drug-likeness (QED) is 0.717. The molecule has 0 bridgehead atoms. The lowest BCUT2D eigenvalue weighted by molar-refractivity contribution is -0.121. The fourth-order valence-corrected chi connectivity index (χ4v) is 4.84. The van der Waals surface area contributed by atoms with Gasteiger partial charge in [-0.05, 0) is 48.9 Å². The summed E-state index contributed by atoms with van der Waals surface area (Å²) in [5.41, 5.74) is 0.811. The van der Waals surface area contributed by atoms with Gasteiger partial charge in [0.1, 0.15) is 11.8 Å². The van der Waals surface area contributed by atoms with Gasteiger partial charge in [0.15, 0.2) is 5.13 Å². The summed E-state index contributed by atoms with van der Waals surface area (Å²) < 4.78 is 6.18. The monoisotopic (exact) mass is 401 g/mol. The average Bonchev–Trinajstić information content (AvgIpc) is 3.36. The first kappa shape index (κ1) is 17.9. The minimum atomic E-state index is -0.463. The third-order valence-electron chi connectivity index (χ3n) is 4.62. The summed E-state index contributed by atoms with van der Waals surface area (Å²) in [7, 11) is 1.62. The van der Waals surface area contributed by atoms with Crippen molar-refractivity contribution < 1.29 is 14.3 Å². The van der Waals surface area contributed by atoms with Gasteiger partial charge in [0, 0.05) is 6.54 Å². The summed E-state index contributed by atoms with van der Waals surface area (Å²) in [6.07, 6.45) is 2.52. The Morgan fingerprint density at radius 1 is 1.30 bits per heavy atom. The van der Waals surface area contributed by atoms with E-state index in [0.29, 0.717) is 23.0 Å². The van der Waals surface area contributed by atoms with Crippen molar-refractivity contribution in [3.63, 3.8) is 0 Å². The lowest BCUT2D eigenvalue weighted by atomic mass is 10.0. The molecule has 2 amide bonds. The zero-order chi connectivity index (χ0) is 18.8. The van der Waals surface area contributed by atoms with E-state index >= 15 is 0 Å². The molecule has 0 aliphatic carbocycles. The van der Waals surface area contributed by atoms with Gasteiger partial charge in [-0.3, -0.25) is 9.59 Å². The van der Waals surface area contributed by atoms with Crippen molar-refractivity contribution in [1.29, 1.82) is 0 Å². The standard InChI is InChI=1S/C19H19N3O3S2/c1-25-12-7-8-13-16(11-12)27-19(20-13)21-17(23)14-5-2-3-9-22(14)18(24)15-6-4-10-26-15/h4,6-8,10-11,14H,2-3,5,9H2,1H3,(H,20,21,23). The van der Waals surface area contributed by atoms with Crippen molar-refractivity contribution in [2.24, 2.45) is 0 Å². The first-order valence-corrected chi connectivity index (χ1v) is 10.5. The number of likely N-dealkylation sites (tertiary alicyclic amines) is 1. The van der Waals surface area contributed by atoms with Gasteiger partial charge >= 0.3 is 0 Å². The van der Waals surface area contributed by atoms with Crippen LogP contribution in [0.15, 0.2) is 35.7 Å². The molecule has 1 aromatic carbocycles. The largest absolute Gasteiger partial charge is 0.497 e. The van der Waals surface area contributed by atoms with Crippen molar-refractivity contribution in [2.75, 3.05) is 19.0 Å². The van der Waals surface area contributed by atoms with E-state index in [1.165, 1.54) is 22.7 Å². The minimum absolute atomic E-state index is 0.0705. The Labute approximate surface area is 164 Å². The van der Waals surface area contributed by atoms with E-state index in [9.17, 15) is 9.59 Å². The number of methoxy groups -OCH3 is 1. The lowest BCUT2D eigenvalue weighted by Crippen LogP contribution is -2.49. The number of fused-ring (bicyclic) bond motifs is 1. The number of hydrogen-bond acceptors (Lipinski definition) is 6. The van der Waals surface area contributed by atoms with Crippen LogP contribution in [-0.2, 0) is 4.79 Å². The number of thiophene rings is 1. The number of piperidine rings is 1. The molecule has 27 heavy (non-hydrogen) atoms. The Morgan fingerprint density at radius 3 is 2.96 bits per heavy atom. The molecule has 8 heteroatoms. The van der Waals surface area contributed by atoms with Crippen LogP contribution < -0.4 is 10.1 Å². The molecule has 0 saturated carbocycles. The van der Waals surface area contributed by atoms with Crippen LogP contribution in [0.3, 0.4) is 0 Å². The van der Waals surface area contributed by atoms with E-state index in [1.54, 1.807) is 18.1 Å². The van der Waals surface area contributed by atoms with E-state index in [2.05, 4.69) is 10.3 Å². The molecule has 6 nitrogen and oxygen atoms in total. The molecule has 1 fully saturated rings. The highest BCUT2D eigenvalue weighted by Gasteiger charge is 2.33. The molecular weight excluding hydrogens is 382 g/mol. The van der Waals surface area contributed by atoms with E-state index in [1.807, 2.05) is 29.6 Å². The third-order valence-corrected chi connectivity index (χ3v) is 6.42. The fraction of sp³-hybridized carbons (Fsp3) is 0.316. The summed E-state index contributed by atoms with van der Waals surface area (Å²) in [5, 5.41) is 5.32. The highest BCUT2D eigenvalue weighted by Crippen LogP contribution is 2.30. The van der Waals surface area contributed by atoms with E-state index in [4.69, 9.17) is 4.74 Å². The van der Waals surface area contributed by atoms with E-state index in [-0.39, 0.29) is 11.8 Å². The van der Waals surface area contributed by atoms with Gasteiger partial charge in [0.25, 0.3) is 5.91 Å². The van der Waals surface area contributed by atoms with E-state index in [0.717, 1.165) is 28.8 Å². The molecule has 2 aromatic heterocycles. The number of carbonyl (C=O) groups is 2. The van der Waals surface area contributed by atoms with Gasteiger partial charge in [0.05, 0.1) is 22.2 Å². The number of carbonyl (C=O) groups excluding carboxylic acids is 2. The van der Waals surface area contributed by atoms with Crippen LogP contribution in [0, 0.1) is 0 Å². The summed E-state index contributed by atoms with van der Waals surface area (Å²) in [4.78, 5) is 32.5. The first-order chi connectivity index (χ1) is 13.2. The minimum Gasteiger partial charge on any atom is -0.497 e. The highest BCUT2D eigenvalue weighted by atomic mass is 32.1. The van der Waals surface area contributed by atoms with E-state index < -0.39 is 6.04 Å². The highest BCUT2D eigenvalue weighted by molar-refractivity contribution is 7.22. The first-order valence-electron chi connectivity index (χ1n) is 8.75. The maximum atomic E-state index is 12.9. The second kappa shape index (κ2) is 7.66. The van der Waals surface area contributed by atoms with Crippen molar-refractivity contribution in [2.45, 2.75) is 25.3 Å². The molecule has 1 atom stereocenters. The van der Waals surface area contributed by atoms with Crippen molar-refractivity contribution in [3.05, 3.63) is 40.6 Å². The molecule has 4 rings (SSSR count). The number of aromatic nitrogens is 1. The Kier molecular flexibility index (Phi) is 5.09. The number of ether oxygens (including phenoxy) is 1. The molecule has 3 aromatic rings. The maximum Gasteiger partial charge on any atom is 0.264 e. The fourth-order valence-electron chi connectivity index (χ4n) is 3.26. The predicted molar refractivity (Wildman–Crippen MR) is 108 cm³/mol. The Morgan fingerprint density at radius 2 is 2.19 bits per heavy atom. The van der Waals surface area contributed by atoms with Crippen LogP contribution in [0.4, 0.5) is 5.13 Å². The number of nitrogens with zero attached hydrogens (tertiary/aromatic N) is 2. The van der Waals surface area contributed by atoms with Crippen LogP contribution in [0.2, 0.25) is 0 Å². The lowest BCUT2D eigenvalue weighted by Gasteiger charge is -2.34.